The summed E-state index contributed by atoms with van der Waals surface area (Å²) in [7, 11) is 2.69. The van der Waals surface area contributed by atoms with E-state index >= 15 is 0 Å². The summed E-state index contributed by atoms with van der Waals surface area (Å²) in [5.74, 6) is -0.953. The van der Waals surface area contributed by atoms with Crippen molar-refractivity contribution in [1.82, 2.24) is 0 Å². The molecule has 6 nitrogen and oxygen atoms in total. The van der Waals surface area contributed by atoms with Crippen LogP contribution in [0.2, 0.25) is 0 Å². The van der Waals surface area contributed by atoms with Crippen LogP contribution in [0.4, 0.5) is 15.8 Å². The van der Waals surface area contributed by atoms with Crippen molar-refractivity contribution in [2.24, 2.45) is 0 Å². The van der Waals surface area contributed by atoms with Crippen molar-refractivity contribution < 1.29 is 23.5 Å². The van der Waals surface area contributed by atoms with Crippen LogP contribution in [-0.4, -0.2) is 31.9 Å². The zero-order valence-electron chi connectivity index (χ0n) is 15.7. The zero-order valence-corrected chi connectivity index (χ0v) is 17.4. The van der Waals surface area contributed by atoms with E-state index in [1.165, 1.54) is 37.7 Å². The van der Waals surface area contributed by atoms with Gasteiger partial charge in [0.2, 0.25) is 5.69 Å². The van der Waals surface area contributed by atoms with Crippen LogP contribution in [0.15, 0.2) is 48.5 Å². The number of carbonyl (C=O) groups is 2. The van der Waals surface area contributed by atoms with Crippen LogP contribution in [0.5, 0.6) is 0 Å². The molecule has 152 valence electrons. The van der Waals surface area contributed by atoms with Gasteiger partial charge in [-0.15, -0.1) is 11.3 Å². The summed E-state index contributed by atoms with van der Waals surface area (Å²) in [6.07, 6.45) is 0. The molecule has 0 bridgehead atoms. The van der Waals surface area contributed by atoms with Gasteiger partial charge in [-0.25, -0.2) is 14.0 Å². The molecule has 0 spiro atoms. The summed E-state index contributed by atoms with van der Waals surface area (Å²) < 4.78 is 22.2. The van der Waals surface area contributed by atoms with Gasteiger partial charge in [0.15, 0.2) is 0 Å². The Bertz CT molecular complexity index is 1010. The SMILES string of the molecule is COC(=O)CS.COC(=O)c1sc2ccccc2c1N.[C-]#[N+]c1ccccc1F. The number of nitrogens with two attached hydrogens (primary N) is 1. The number of hydrogen-bond acceptors (Lipinski definition) is 7. The number of nitrogen functional groups attached to an aromatic ring is 1. The van der Waals surface area contributed by atoms with Gasteiger partial charge in [0.1, 0.15) is 10.7 Å². The molecule has 2 N–H and O–H groups in total. The Morgan fingerprint density at radius 2 is 1.76 bits per heavy atom. The maximum Gasteiger partial charge on any atom is 0.350 e. The lowest BCUT2D eigenvalue weighted by Gasteiger charge is -1.95. The summed E-state index contributed by atoms with van der Waals surface area (Å²) in [5.41, 5.74) is 6.42. The Kier molecular flexibility index (Phi) is 10.2. The van der Waals surface area contributed by atoms with Gasteiger partial charge in [0.05, 0.1) is 32.2 Å². The Labute approximate surface area is 177 Å². The summed E-state index contributed by atoms with van der Waals surface area (Å²) in [6.45, 7) is 6.47. The highest BCUT2D eigenvalue weighted by molar-refractivity contribution is 7.81. The molecule has 2 aromatic carbocycles. The van der Waals surface area contributed by atoms with E-state index in [-0.39, 0.29) is 23.4 Å². The number of esters is 2. The second-order valence-corrected chi connectivity index (χ2v) is 6.50. The third-order valence-electron chi connectivity index (χ3n) is 3.33. The van der Waals surface area contributed by atoms with Crippen LogP contribution < -0.4 is 5.73 Å². The molecule has 0 aliphatic heterocycles. The smallest absolute Gasteiger partial charge is 0.350 e. The molecule has 0 saturated heterocycles. The fourth-order valence-corrected chi connectivity index (χ4v) is 3.09. The zero-order chi connectivity index (χ0) is 21.8. The first-order valence-corrected chi connectivity index (χ1v) is 9.49. The minimum absolute atomic E-state index is 0.0810. The van der Waals surface area contributed by atoms with Gasteiger partial charge in [-0.05, 0) is 12.1 Å². The fourth-order valence-electron chi connectivity index (χ4n) is 1.92. The molecule has 0 unspecified atom stereocenters. The van der Waals surface area contributed by atoms with Crippen molar-refractivity contribution in [3.8, 4) is 0 Å². The number of fused-ring (bicyclic) bond motifs is 1. The minimum atomic E-state index is -0.451. The van der Waals surface area contributed by atoms with Crippen LogP contribution in [0.1, 0.15) is 9.67 Å². The highest BCUT2D eigenvalue weighted by Crippen LogP contribution is 2.33. The number of methoxy groups -OCH3 is 2. The normalized spacial score (nSPS) is 9.21. The summed E-state index contributed by atoms with van der Waals surface area (Å²) in [6, 6.07) is 13.6. The van der Waals surface area contributed by atoms with E-state index in [0.29, 0.717) is 10.6 Å². The van der Waals surface area contributed by atoms with Gasteiger partial charge in [-0.3, -0.25) is 4.79 Å². The van der Waals surface area contributed by atoms with Gasteiger partial charge in [0.25, 0.3) is 0 Å². The molecular formula is C20H19FN2O4S2. The lowest BCUT2D eigenvalue weighted by atomic mass is 10.2. The number of para-hydroxylation sites is 1. The van der Waals surface area contributed by atoms with E-state index in [0.717, 1.165) is 10.1 Å². The van der Waals surface area contributed by atoms with Gasteiger partial charge >= 0.3 is 11.9 Å². The molecule has 1 heterocycles. The number of anilines is 1. The number of rotatable bonds is 2. The Morgan fingerprint density at radius 3 is 2.21 bits per heavy atom. The average Bonchev–Trinajstić information content (AvgIpc) is 3.10. The molecule has 1 aromatic heterocycles. The number of nitrogens with zero attached hydrogens (tertiary/aromatic N) is 1. The van der Waals surface area contributed by atoms with Crippen molar-refractivity contribution in [2.45, 2.75) is 0 Å². The first-order valence-electron chi connectivity index (χ1n) is 8.04. The summed E-state index contributed by atoms with van der Waals surface area (Å²) in [5, 5.41) is 0.915. The number of benzene rings is 2. The highest BCUT2D eigenvalue weighted by atomic mass is 32.1. The molecule has 0 aliphatic rings. The number of thiol groups is 1. The number of thiophene rings is 1. The number of hydrogen-bond donors (Lipinski definition) is 2. The molecule has 0 fully saturated rings. The monoisotopic (exact) mass is 434 g/mol. The van der Waals surface area contributed by atoms with Gasteiger partial charge in [0, 0.05) is 10.1 Å². The topological polar surface area (TPSA) is 83.0 Å². The third-order valence-corrected chi connectivity index (χ3v) is 4.76. The van der Waals surface area contributed by atoms with E-state index in [1.807, 2.05) is 24.3 Å². The first kappa shape index (κ1) is 23.9. The van der Waals surface area contributed by atoms with Crippen LogP contribution in [-0.2, 0) is 14.3 Å². The van der Waals surface area contributed by atoms with Crippen molar-refractivity contribution in [2.75, 3.05) is 25.7 Å². The Morgan fingerprint density at radius 1 is 1.14 bits per heavy atom. The van der Waals surface area contributed by atoms with E-state index in [1.54, 1.807) is 12.1 Å². The number of ether oxygens (including phenoxy) is 2. The predicted molar refractivity (Wildman–Crippen MR) is 116 cm³/mol. The van der Waals surface area contributed by atoms with Gasteiger partial charge in [-0.2, -0.15) is 12.6 Å². The van der Waals surface area contributed by atoms with Crippen molar-refractivity contribution in [1.29, 1.82) is 0 Å². The standard InChI is InChI=1S/C10H9NO2S.C7H4FN.C3H6O2S/c1-13-10(12)9-8(11)6-4-2-3-5-7(6)14-9;1-9-7-5-3-2-4-6(7)8;1-5-3(4)2-6/h2-5H,11H2,1H3;2-5H;6H,2H2,1H3. The highest BCUT2D eigenvalue weighted by Gasteiger charge is 2.15. The van der Waals surface area contributed by atoms with Crippen LogP contribution in [0.3, 0.4) is 0 Å². The molecule has 3 rings (SSSR count). The number of halogens is 1. The molecule has 29 heavy (non-hydrogen) atoms. The predicted octanol–water partition coefficient (Wildman–Crippen LogP) is 4.74. The molecule has 0 radical (unpaired) electrons. The van der Waals surface area contributed by atoms with Crippen LogP contribution in [0.25, 0.3) is 14.9 Å². The Balaban J connectivity index is 0.000000242. The second-order valence-electron chi connectivity index (χ2n) is 5.13. The molecule has 0 atom stereocenters. The molecule has 9 heteroatoms. The van der Waals surface area contributed by atoms with Gasteiger partial charge in [-0.1, -0.05) is 36.4 Å². The third kappa shape index (κ3) is 7.10. The maximum absolute atomic E-state index is 12.4. The van der Waals surface area contributed by atoms with Gasteiger partial charge < -0.3 is 15.2 Å². The first-order chi connectivity index (χ1) is 13.9. The summed E-state index contributed by atoms with van der Waals surface area (Å²) in [4.78, 5) is 24.6. The largest absolute Gasteiger partial charge is 0.468 e. The molecule has 3 aromatic rings. The second kappa shape index (κ2) is 12.4. The van der Waals surface area contributed by atoms with Crippen LogP contribution >= 0.6 is 24.0 Å². The van der Waals surface area contributed by atoms with E-state index in [2.05, 4.69) is 26.9 Å². The fraction of sp³-hybridized carbons (Fsp3) is 0.150. The molecular weight excluding hydrogens is 415 g/mol. The number of carbonyl (C=O) groups excluding carboxylic acids is 2. The van der Waals surface area contributed by atoms with E-state index in [9.17, 15) is 14.0 Å². The van der Waals surface area contributed by atoms with Crippen LogP contribution in [0, 0.1) is 12.4 Å². The Hall–Kier alpha value is -3.09. The lowest BCUT2D eigenvalue weighted by molar-refractivity contribution is -0.137. The molecule has 0 saturated carbocycles. The minimum Gasteiger partial charge on any atom is -0.468 e. The van der Waals surface area contributed by atoms with Crippen molar-refractivity contribution >= 4 is 57.4 Å². The maximum atomic E-state index is 12.4. The molecule has 0 amide bonds. The van der Waals surface area contributed by atoms with Crippen molar-refractivity contribution in [3.05, 3.63) is 70.6 Å². The van der Waals surface area contributed by atoms with E-state index < -0.39 is 5.82 Å². The summed E-state index contributed by atoms with van der Waals surface area (Å²) >= 11 is 4.98. The average molecular weight is 435 g/mol. The van der Waals surface area contributed by atoms with Crippen molar-refractivity contribution in [3.63, 3.8) is 0 Å². The van der Waals surface area contributed by atoms with E-state index in [4.69, 9.17) is 12.3 Å². The quantitative estimate of drug-likeness (QED) is 0.346. The molecule has 0 aliphatic carbocycles. The lowest BCUT2D eigenvalue weighted by Crippen LogP contribution is -2.01.